The Morgan fingerprint density at radius 3 is 2.14 bits per heavy atom. The molecule has 3 aromatic carbocycles. The molecule has 1 atom stereocenters. The van der Waals surface area contributed by atoms with Crippen molar-refractivity contribution < 1.29 is 28.6 Å². The molecule has 8 nitrogen and oxygen atoms in total. The number of fused-ring (bicyclic) bond motifs is 1. The standard InChI is InChI=1S/C35H42N2O6/c1-34(2,3)42-31(38)23-29(36-33(40)43-35(4,5)6)32(39)37-20-18-27-16-17-28(22-30(27)37)41-21-19-24-12-14-26(15-13-24)25-10-8-7-9-11-25/h7-17,22,29H,18-21,23H2,1-6H3,(H,36,40)/t29-/m0/s1. The van der Waals surface area contributed by atoms with E-state index in [1.54, 1.807) is 46.4 Å². The Bertz CT molecular complexity index is 1390. The van der Waals surface area contributed by atoms with Crippen molar-refractivity contribution in [3.05, 3.63) is 83.9 Å². The minimum Gasteiger partial charge on any atom is -0.493 e. The molecule has 0 fully saturated rings. The molecular weight excluding hydrogens is 544 g/mol. The largest absolute Gasteiger partial charge is 0.493 e. The molecule has 0 bridgehead atoms. The van der Waals surface area contributed by atoms with Crippen LogP contribution in [0, 0.1) is 0 Å². The van der Waals surface area contributed by atoms with E-state index in [0.29, 0.717) is 31.0 Å². The van der Waals surface area contributed by atoms with Crippen molar-refractivity contribution in [1.29, 1.82) is 0 Å². The normalized spacial score (nSPS) is 13.6. The van der Waals surface area contributed by atoms with E-state index in [0.717, 1.165) is 17.5 Å². The number of rotatable bonds is 9. The van der Waals surface area contributed by atoms with Crippen molar-refractivity contribution in [1.82, 2.24) is 5.32 Å². The SMILES string of the molecule is CC(C)(C)OC(=O)C[C@H](NC(=O)OC(C)(C)C)C(=O)N1CCc2ccc(OCCc3ccc(-c4ccccc4)cc3)cc21. The lowest BCUT2D eigenvalue weighted by molar-refractivity contribution is -0.156. The lowest BCUT2D eigenvalue weighted by Gasteiger charge is -2.27. The molecule has 2 amide bonds. The lowest BCUT2D eigenvalue weighted by atomic mass is 10.0. The van der Waals surface area contributed by atoms with E-state index < -0.39 is 35.2 Å². The van der Waals surface area contributed by atoms with Crippen LogP contribution in [0.1, 0.15) is 59.1 Å². The Kier molecular flexibility index (Phi) is 9.79. The first-order valence-electron chi connectivity index (χ1n) is 14.7. The van der Waals surface area contributed by atoms with E-state index in [1.807, 2.05) is 36.4 Å². The fraction of sp³-hybridized carbons (Fsp3) is 0.400. The van der Waals surface area contributed by atoms with Gasteiger partial charge in [-0.1, -0.05) is 60.7 Å². The van der Waals surface area contributed by atoms with Gasteiger partial charge in [0.2, 0.25) is 5.91 Å². The number of hydrogen-bond acceptors (Lipinski definition) is 6. The molecule has 3 aromatic rings. The van der Waals surface area contributed by atoms with Crippen LogP contribution in [0.25, 0.3) is 11.1 Å². The maximum absolute atomic E-state index is 13.8. The van der Waals surface area contributed by atoms with Gasteiger partial charge in [0.1, 0.15) is 23.0 Å². The fourth-order valence-corrected chi connectivity index (χ4v) is 4.85. The predicted molar refractivity (Wildman–Crippen MR) is 167 cm³/mol. The number of esters is 1. The molecule has 43 heavy (non-hydrogen) atoms. The molecule has 1 N–H and O–H groups in total. The summed E-state index contributed by atoms with van der Waals surface area (Å²) in [5.41, 5.74) is 3.71. The third-order valence-electron chi connectivity index (χ3n) is 6.72. The maximum Gasteiger partial charge on any atom is 0.408 e. The smallest absolute Gasteiger partial charge is 0.408 e. The van der Waals surface area contributed by atoms with Gasteiger partial charge >= 0.3 is 12.1 Å². The Balaban J connectivity index is 1.42. The molecule has 1 aliphatic heterocycles. The zero-order valence-electron chi connectivity index (χ0n) is 25.9. The molecule has 0 saturated carbocycles. The van der Waals surface area contributed by atoms with Gasteiger partial charge in [0.05, 0.1) is 18.7 Å². The van der Waals surface area contributed by atoms with E-state index in [9.17, 15) is 14.4 Å². The second-order valence-corrected chi connectivity index (χ2v) is 12.7. The van der Waals surface area contributed by atoms with E-state index in [1.165, 1.54) is 11.1 Å². The van der Waals surface area contributed by atoms with Crippen LogP contribution >= 0.6 is 0 Å². The molecule has 0 spiro atoms. The number of alkyl carbamates (subject to hydrolysis) is 1. The molecule has 0 aromatic heterocycles. The number of benzene rings is 3. The first-order chi connectivity index (χ1) is 20.3. The number of anilines is 1. The molecular formula is C35H42N2O6. The van der Waals surface area contributed by atoms with Crippen molar-refractivity contribution in [3.8, 4) is 16.9 Å². The molecule has 0 aliphatic carbocycles. The first kappa shape index (κ1) is 31.6. The van der Waals surface area contributed by atoms with Crippen LogP contribution in [0.15, 0.2) is 72.8 Å². The van der Waals surface area contributed by atoms with Gasteiger partial charge in [0, 0.05) is 19.0 Å². The molecule has 1 heterocycles. The van der Waals surface area contributed by atoms with Gasteiger partial charge in [-0.2, -0.15) is 0 Å². The number of amides is 2. The third-order valence-corrected chi connectivity index (χ3v) is 6.72. The predicted octanol–water partition coefficient (Wildman–Crippen LogP) is 6.49. The highest BCUT2D eigenvalue weighted by Gasteiger charge is 2.35. The number of nitrogens with zero attached hydrogens (tertiary/aromatic N) is 1. The average Bonchev–Trinajstić information content (AvgIpc) is 3.34. The van der Waals surface area contributed by atoms with Crippen molar-refractivity contribution in [2.45, 2.75) is 78.0 Å². The fourth-order valence-electron chi connectivity index (χ4n) is 4.85. The Labute approximate surface area is 254 Å². The van der Waals surface area contributed by atoms with Crippen molar-refractivity contribution >= 4 is 23.7 Å². The highest BCUT2D eigenvalue weighted by Crippen LogP contribution is 2.33. The van der Waals surface area contributed by atoms with Gasteiger partial charge in [-0.15, -0.1) is 0 Å². The van der Waals surface area contributed by atoms with E-state index in [2.05, 4.69) is 41.7 Å². The van der Waals surface area contributed by atoms with E-state index >= 15 is 0 Å². The molecule has 228 valence electrons. The summed E-state index contributed by atoms with van der Waals surface area (Å²) in [4.78, 5) is 40.6. The zero-order valence-corrected chi connectivity index (χ0v) is 25.9. The molecule has 0 saturated heterocycles. The van der Waals surface area contributed by atoms with Gasteiger partial charge in [-0.05, 0) is 76.3 Å². The lowest BCUT2D eigenvalue weighted by Crippen LogP contribution is -2.50. The minimum absolute atomic E-state index is 0.319. The topological polar surface area (TPSA) is 94.2 Å². The molecule has 0 radical (unpaired) electrons. The molecule has 4 rings (SSSR count). The Morgan fingerprint density at radius 2 is 1.49 bits per heavy atom. The summed E-state index contributed by atoms with van der Waals surface area (Å²) in [5, 5.41) is 2.59. The molecule has 1 aliphatic rings. The summed E-state index contributed by atoms with van der Waals surface area (Å²) in [7, 11) is 0. The van der Waals surface area contributed by atoms with Crippen molar-refractivity contribution in [2.75, 3.05) is 18.1 Å². The van der Waals surface area contributed by atoms with Crippen LogP contribution in [-0.2, 0) is 31.9 Å². The van der Waals surface area contributed by atoms with Crippen LogP contribution in [0.4, 0.5) is 10.5 Å². The second-order valence-electron chi connectivity index (χ2n) is 12.7. The van der Waals surface area contributed by atoms with Crippen LogP contribution in [0.2, 0.25) is 0 Å². The molecule has 0 unspecified atom stereocenters. The van der Waals surface area contributed by atoms with Gasteiger partial charge in [0.25, 0.3) is 0 Å². The number of carbonyl (C=O) groups excluding carboxylic acids is 3. The Hall–Kier alpha value is -4.33. The summed E-state index contributed by atoms with van der Waals surface area (Å²) in [6.07, 6.45) is 0.288. The highest BCUT2D eigenvalue weighted by atomic mass is 16.6. The summed E-state index contributed by atoms with van der Waals surface area (Å²) in [6, 6.07) is 23.2. The number of hydrogen-bond donors (Lipinski definition) is 1. The monoisotopic (exact) mass is 586 g/mol. The highest BCUT2D eigenvalue weighted by molar-refractivity contribution is 6.02. The quantitative estimate of drug-likeness (QED) is 0.288. The van der Waals surface area contributed by atoms with Crippen LogP contribution in [-0.4, -0.2) is 48.4 Å². The zero-order chi connectivity index (χ0) is 31.2. The minimum atomic E-state index is -1.15. The summed E-state index contributed by atoms with van der Waals surface area (Å²) >= 11 is 0. The summed E-state index contributed by atoms with van der Waals surface area (Å²) in [6.45, 7) is 11.3. The first-order valence-corrected chi connectivity index (χ1v) is 14.7. The van der Waals surface area contributed by atoms with Gasteiger partial charge < -0.3 is 24.4 Å². The second kappa shape index (κ2) is 13.3. The van der Waals surface area contributed by atoms with Gasteiger partial charge in [-0.25, -0.2) is 4.79 Å². The summed E-state index contributed by atoms with van der Waals surface area (Å²) in [5.74, 6) is -0.357. The van der Waals surface area contributed by atoms with Crippen molar-refractivity contribution in [2.24, 2.45) is 0 Å². The average molecular weight is 587 g/mol. The maximum atomic E-state index is 13.8. The third kappa shape index (κ3) is 9.33. The number of ether oxygens (including phenoxy) is 3. The van der Waals surface area contributed by atoms with Crippen LogP contribution in [0.3, 0.4) is 0 Å². The summed E-state index contributed by atoms with van der Waals surface area (Å²) < 4.78 is 16.9. The van der Waals surface area contributed by atoms with Gasteiger partial charge in [0.15, 0.2) is 0 Å². The van der Waals surface area contributed by atoms with Crippen LogP contribution < -0.4 is 15.0 Å². The van der Waals surface area contributed by atoms with Gasteiger partial charge in [-0.3, -0.25) is 9.59 Å². The van der Waals surface area contributed by atoms with E-state index in [4.69, 9.17) is 14.2 Å². The number of carbonyl (C=O) groups is 3. The van der Waals surface area contributed by atoms with E-state index in [-0.39, 0.29) is 6.42 Å². The number of nitrogens with one attached hydrogen (secondary N) is 1. The molecule has 8 heteroatoms. The van der Waals surface area contributed by atoms with Crippen LogP contribution in [0.5, 0.6) is 5.75 Å². The Morgan fingerprint density at radius 1 is 0.837 bits per heavy atom. The van der Waals surface area contributed by atoms with Crippen molar-refractivity contribution in [3.63, 3.8) is 0 Å².